The zero-order chi connectivity index (χ0) is 18.7. The Hall–Kier alpha value is -3.06. The molecule has 0 aliphatic carbocycles. The molecule has 10 heteroatoms. The Bertz CT molecular complexity index is 1000. The van der Waals surface area contributed by atoms with E-state index in [2.05, 4.69) is 9.98 Å². The minimum atomic E-state index is -4.91. The van der Waals surface area contributed by atoms with Gasteiger partial charge in [-0.15, -0.1) is 0 Å². The van der Waals surface area contributed by atoms with Crippen molar-refractivity contribution < 1.29 is 31.2 Å². The van der Waals surface area contributed by atoms with Crippen molar-refractivity contribution in [2.24, 2.45) is 9.98 Å². The predicted octanol–water partition coefficient (Wildman–Crippen LogP) is 3.47. The Kier molecular flexibility index (Phi) is 4.99. The first-order valence-corrected chi connectivity index (χ1v) is 7.90. The van der Waals surface area contributed by atoms with E-state index in [4.69, 9.17) is 0 Å². The first-order valence-electron chi connectivity index (χ1n) is 6.42. The number of hydrogen-bond donors (Lipinski definition) is 0. The van der Waals surface area contributed by atoms with E-state index < -0.39 is 32.2 Å². The van der Waals surface area contributed by atoms with Gasteiger partial charge in [-0.2, -0.15) is 23.2 Å². The van der Waals surface area contributed by atoms with Crippen molar-refractivity contribution >= 4 is 33.4 Å². The molecule has 0 radical (unpaired) electrons. The van der Waals surface area contributed by atoms with Crippen molar-refractivity contribution in [2.45, 2.75) is 16.0 Å². The van der Waals surface area contributed by atoms with Crippen LogP contribution in [0.15, 0.2) is 62.2 Å². The largest absolute Gasteiger partial charge is 0.418 e. The predicted molar refractivity (Wildman–Crippen MR) is 78.9 cm³/mol. The van der Waals surface area contributed by atoms with E-state index in [1.54, 1.807) is 0 Å². The molecule has 0 heterocycles. The molecular formula is C15H7F3N2O4S. The van der Waals surface area contributed by atoms with E-state index in [9.17, 15) is 31.2 Å². The van der Waals surface area contributed by atoms with Crippen LogP contribution < -0.4 is 0 Å². The van der Waals surface area contributed by atoms with Crippen LogP contribution in [0, 0.1) is 0 Å². The smallest absolute Gasteiger partial charge is 0.219 e. The second-order valence-electron chi connectivity index (χ2n) is 4.58. The number of isocyanates is 2. The van der Waals surface area contributed by atoms with Crippen molar-refractivity contribution in [1.29, 1.82) is 0 Å². The fourth-order valence-electron chi connectivity index (χ4n) is 1.94. The van der Waals surface area contributed by atoms with E-state index in [1.807, 2.05) is 0 Å². The number of hydrogen-bond acceptors (Lipinski definition) is 6. The topological polar surface area (TPSA) is 93.0 Å². The number of rotatable bonds is 4. The SMILES string of the molecule is O=C=Nc1ccc(S(=O)(=O)c2ccc(N=C=O)c(C(F)(F)F)c2)cc1. The van der Waals surface area contributed by atoms with Gasteiger partial charge in [-0.05, 0) is 42.5 Å². The van der Waals surface area contributed by atoms with Crippen molar-refractivity contribution in [1.82, 2.24) is 0 Å². The molecule has 0 aliphatic rings. The summed E-state index contributed by atoms with van der Waals surface area (Å²) >= 11 is 0. The Morgan fingerprint density at radius 1 is 0.840 bits per heavy atom. The Morgan fingerprint density at radius 3 is 1.92 bits per heavy atom. The summed E-state index contributed by atoms with van der Waals surface area (Å²) in [5.74, 6) is 0. The highest BCUT2D eigenvalue weighted by atomic mass is 32.2. The Morgan fingerprint density at radius 2 is 1.40 bits per heavy atom. The van der Waals surface area contributed by atoms with Crippen LogP contribution in [-0.4, -0.2) is 20.6 Å². The molecule has 0 fully saturated rings. The third-order valence-corrected chi connectivity index (χ3v) is 4.84. The molecule has 0 saturated heterocycles. The van der Waals surface area contributed by atoms with Gasteiger partial charge in [-0.25, -0.2) is 18.0 Å². The minimum Gasteiger partial charge on any atom is -0.219 e. The van der Waals surface area contributed by atoms with Crippen molar-refractivity contribution in [3.63, 3.8) is 0 Å². The highest BCUT2D eigenvalue weighted by molar-refractivity contribution is 7.91. The number of nitrogens with zero attached hydrogens (tertiary/aromatic N) is 2. The van der Waals surface area contributed by atoms with Crippen LogP contribution in [0.1, 0.15) is 5.56 Å². The minimum absolute atomic E-state index is 0.139. The van der Waals surface area contributed by atoms with Crippen LogP contribution in [0.5, 0.6) is 0 Å². The molecule has 0 unspecified atom stereocenters. The molecule has 2 aromatic carbocycles. The standard InChI is InChI=1S/C15H7F3N2O4S/c16-15(17,18)13-7-12(5-6-14(13)20-9-22)25(23,24)11-3-1-10(2-4-11)19-8-21/h1-7H. The number of benzene rings is 2. The van der Waals surface area contributed by atoms with Gasteiger partial charge < -0.3 is 0 Å². The van der Waals surface area contributed by atoms with Crippen LogP contribution in [0.3, 0.4) is 0 Å². The molecule has 2 rings (SSSR count). The van der Waals surface area contributed by atoms with E-state index in [-0.39, 0.29) is 10.6 Å². The average molecular weight is 368 g/mol. The van der Waals surface area contributed by atoms with E-state index in [0.29, 0.717) is 6.07 Å². The molecule has 0 saturated carbocycles. The van der Waals surface area contributed by atoms with Crippen LogP contribution >= 0.6 is 0 Å². The maximum atomic E-state index is 13.0. The monoisotopic (exact) mass is 368 g/mol. The molecule has 128 valence electrons. The molecule has 0 aliphatic heterocycles. The lowest BCUT2D eigenvalue weighted by molar-refractivity contribution is -0.137. The summed E-state index contributed by atoms with van der Waals surface area (Å²) in [5.41, 5.74) is -1.98. The Labute approximate surface area is 139 Å². The van der Waals surface area contributed by atoms with Crippen molar-refractivity contribution in [2.75, 3.05) is 0 Å². The maximum Gasteiger partial charge on any atom is 0.418 e. The Balaban J connectivity index is 2.59. The van der Waals surface area contributed by atoms with E-state index in [0.717, 1.165) is 30.3 Å². The molecule has 0 spiro atoms. The van der Waals surface area contributed by atoms with Crippen LogP contribution in [0.2, 0.25) is 0 Å². The number of sulfone groups is 1. The number of aliphatic imine (C=N–C) groups is 2. The zero-order valence-electron chi connectivity index (χ0n) is 12.1. The molecule has 2 aromatic rings. The molecule has 0 N–H and O–H groups in total. The fourth-order valence-corrected chi connectivity index (χ4v) is 3.23. The second kappa shape index (κ2) is 6.82. The zero-order valence-corrected chi connectivity index (χ0v) is 12.9. The fraction of sp³-hybridized carbons (Fsp3) is 0.0667. The summed E-state index contributed by atoms with van der Waals surface area (Å²) in [6, 6.07) is 6.65. The molecule has 0 amide bonds. The molecule has 25 heavy (non-hydrogen) atoms. The van der Waals surface area contributed by atoms with Gasteiger partial charge in [0.1, 0.15) is 0 Å². The van der Waals surface area contributed by atoms with Crippen molar-refractivity contribution in [3.8, 4) is 0 Å². The summed E-state index contributed by atoms with van der Waals surface area (Å²) < 4.78 is 64.1. The third kappa shape index (κ3) is 3.89. The van der Waals surface area contributed by atoms with Gasteiger partial charge in [0.15, 0.2) is 0 Å². The van der Waals surface area contributed by atoms with Gasteiger partial charge in [-0.3, -0.25) is 0 Å². The lowest BCUT2D eigenvalue weighted by Crippen LogP contribution is -2.08. The van der Waals surface area contributed by atoms with Crippen molar-refractivity contribution in [3.05, 3.63) is 48.0 Å². The highest BCUT2D eigenvalue weighted by Gasteiger charge is 2.35. The average Bonchev–Trinajstić information content (AvgIpc) is 2.55. The summed E-state index contributed by atoms with van der Waals surface area (Å²) in [6.07, 6.45) is -2.65. The first kappa shape index (κ1) is 18.3. The van der Waals surface area contributed by atoms with Gasteiger partial charge >= 0.3 is 6.18 Å². The van der Waals surface area contributed by atoms with E-state index >= 15 is 0 Å². The van der Waals surface area contributed by atoms with E-state index in [1.165, 1.54) is 18.2 Å². The van der Waals surface area contributed by atoms with Gasteiger partial charge in [0, 0.05) is 0 Å². The molecule has 0 aromatic heterocycles. The first-order chi connectivity index (χ1) is 11.7. The summed E-state index contributed by atoms with van der Waals surface area (Å²) in [4.78, 5) is 25.7. The molecule has 6 nitrogen and oxygen atoms in total. The quantitative estimate of drug-likeness (QED) is 0.610. The van der Waals surface area contributed by atoms with Gasteiger partial charge in [0.25, 0.3) is 0 Å². The number of carbonyl (C=O) groups excluding carboxylic acids is 2. The van der Waals surface area contributed by atoms with Crippen LogP contribution in [-0.2, 0) is 25.6 Å². The summed E-state index contributed by atoms with van der Waals surface area (Å²) in [6.45, 7) is 0. The van der Waals surface area contributed by atoms with Crippen LogP contribution in [0.25, 0.3) is 0 Å². The highest BCUT2D eigenvalue weighted by Crippen LogP contribution is 2.38. The third-order valence-electron chi connectivity index (χ3n) is 3.07. The lowest BCUT2D eigenvalue weighted by Gasteiger charge is -2.11. The van der Waals surface area contributed by atoms with Crippen LogP contribution in [0.4, 0.5) is 24.5 Å². The van der Waals surface area contributed by atoms with Gasteiger partial charge in [0.05, 0.1) is 26.7 Å². The lowest BCUT2D eigenvalue weighted by atomic mass is 10.2. The molecule has 0 atom stereocenters. The van der Waals surface area contributed by atoms with Gasteiger partial charge in [-0.1, -0.05) is 0 Å². The normalized spacial score (nSPS) is 11.3. The molecule has 0 bridgehead atoms. The summed E-state index contributed by atoms with van der Waals surface area (Å²) in [7, 11) is -4.27. The van der Waals surface area contributed by atoms with Gasteiger partial charge in [0.2, 0.25) is 22.0 Å². The maximum absolute atomic E-state index is 13.0. The number of alkyl halides is 3. The molecular weight excluding hydrogens is 361 g/mol. The number of halogens is 3. The summed E-state index contributed by atoms with van der Waals surface area (Å²) in [5, 5.41) is 0. The second-order valence-corrected chi connectivity index (χ2v) is 6.53.